The number of benzene rings is 1. The van der Waals surface area contributed by atoms with Crippen LogP contribution in [0.1, 0.15) is 36.2 Å². The Labute approximate surface area is 114 Å². The molecule has 1 aromatic heterocycles. The first-order valence-electron chi connectivity index (χ1n) is 6.56. The summed E-state index contributed by atoms with van der Waals surface area (Å²) in [6.45, 7) is 6.13. The zero-order valence-corrected chi connectivity index (χ0v) is 11.7. The first-order valence-corrected chi connectivity index (χ1v) is 6.56. The molecule has 0 saturated carbocycles. The fourth-order valence-electron chi connectivity index (χ4n) is 1.82. The Hall–Kier alpha value is -1.87. The molecule has 1 aromatic carbocycles. The van der Waals surface area contributed by atoms with E-state index in [-0.39, 0.29) is 6.04 Å². The molecule has 2 N–H and O–H groups in total. The number of hydrogen-bond donors (Lipinski definition) is 1. The Bertz CT molecular complexity index is 549. The predicted molar refractivity (Wildman–Crippen MR) is 77.4 cm³/mol. The van der Waals surface area contributed by atoms with Crippen LogP contribution in [-0.4, -0.2) is 4.98 Å². The number of ether oxygens (including phenoxy) is 1. The van der Waals surface area contributed by atoms with Gasteiger partial charge in [0.25, 0.3) is 0 Å². The summed E-state index contributed by atoms with van der Waals surface area (Å²) >= 11 is 0. The van der Waals surface area contributed by atoms with Crippen LogP contribution in [0.15, 0.2) is 36.5 Å². The van der Waals surface area contributed by atoms with Gasteiger partial charge in [-0.1, -0.05) is 19.1 Å². The average Bonchev–Trinajstić information content (AvgIpc) is 2.43. The van der Waals surface area contributed by atoms with E-state index in [4.69, 9.17) is 10.5 Å². The largest absolute Gasteiger partial charge is 0.455 e. The number of rotatable bonds is 4. The van der Waals surface area contributed by atoms with Crippen LogP contribution in [0, 0.1) is 13.8 Å². The van der Waals surface area contributed by atoms with Crippen LogP contribution in [0.3, 0.4) is 0 Å². The molecule has 1 atom stereocenters. The summed E-state index contributed by atoms with van der Waals surface area (Å²) < 4.78 is 5.86. The maximum absolute atomic E-state index is 5.94. The molecule has 0 aliphatic heterocycles. The fraction of sp³-hybridized carbons (Fsp3) is 0.312. The quantitative estimate of drug-likeness (QED) is 0.902. The van der Waals surface area contributed by atoms with Crippen molar-refractivity contribution in [3.63, 3.8) is 0 Å². The van der Waals surface area contributed by atoms with Crippen LogP contribution in [-0.2, 0) is 0 Å². The summed E-state index contributed by atoms with van der Waals surface area (Å²) in [7, 11) is 0. The summed E-state index contributed by atoms with van der Waals surface area (Å²) in [6.07, 6.45) is 2.61. The normalized spacial score (nSPS) is 12.2. The van der Waals surface area contributed by atoms with Crippen LogP contribution in [0.4, 0.5) is 0 Å². The van der Waals surface area contributed by atoms with E-state index < -0.39 is 0 Å². The van der Waals surface area contributed by atoms with Gasteiger partial charge in [-0.05, 0) is 49.6 Å². The molecule has 0 saturated heterocycles. The summed E-state index contributed by atoms with van der Waals surface area (Å²) in [6, 6.07) is 9.99. The molecule has 100 valence electrons. The van der Waals surface area contributed by atoms with Gasteiger partial charge in [-0.25, -0.2) is 0 Å². The molecule has 3 heteroatoms. The summed E-state index contributed by atoms with van der Waals surface area (Å²) in [4.78, 5) is 4.35. The van der Waals surface area contributed by atoms with Crippen molar-refractivity contribution in [2.45, 2.75) is 33.2 Å². The Morgan fingerprint density at radius 3 is 2.63 bits per heavy atom. The van der Waals surface area contributed by atoms with Gasteiger partial charge in [-0.15, -0.1) is 0 Å². The number of nitrogens with two attached hydrogens (primary N) is 1. The molecule has 3 nitrogen and oxygen atoms in total. The zero-order valence-electron chi connectivity index (χ0n) is 11.7. The Kier molecular flexibility index (Phi) is 4.17. The van der Waals surface area contributed by atoms with Gasteiger partial charge in [0.2, 0.25) is 0 Å². The Balaban J connectivity index is 2.17. The first-order chi connectivity index (χ1) is 9.10. The third-order valence-corrected chi connectivity index (χ3v) is 3.15. The van der Waals surface area contributed by atoms with E-state index in [9.17, 15) is 0 Å². The Morgan fingerprint density at radius 2 is 2.00 bits per heavy atom. The van der Waals surface area contributed by atoms with Gasteiger partial charge >= 0.3 is 0 Å². The second-order valence-corrected chi connectivity index (χ2v) is 4.80. The van der Waals surface area contributed by atoms with E-state index in [2.05, 4.69) is 17.1 Å². The first kappa shape index (κ1) is 13.6. The van der Waals surface area contributed by atoms with Crippen molar-refractivity contribution in [2.24, 2.45) is 5.73 Å². The van der Waals surface area contributed by atoms with Crippen LogP contribution < -0.4 is 10.5 Å². The molecule has 0 spiro atoms. The lowest BCUT2D eigenvalue weighted by atomic mass is 10.1. The summed E-state index contributed by atoms with van der Waals surface area (Å²) in [5, 5.41) is 0. The molecule has 0 aliphatic carbocycles. The molecular formula is C16H20N2O. The average molecular weight is 256 g/mol. The minimum atomic E-state index is -0.00486. The summed E-state index contributed by atoms with van der Waals surface area (Å²) in [5.74, 6) is 1.61. The van der Waals surface area contributed by atoms with Gasteiger partial charge < -0.3 is 10.5 Å². The van der Waals surface area contributed by atoms with E-state index in [1.54, 1.807) is 6.20 Å². The molecule has 2 aromatic rings. The van der Waals surface area contributed by atoms with Gasteiger partial charge in [-0.3, -0.25) is 4.98 Å². The molecule has 2 rings (SSSR count). The highest BCUT2D eigenvalue weighted by atomic mass is 16.5. The van der Waals surface area contributed by atoms with Gasteiger partial charge in [0.15, 0.2) is 0 Å². The standard InChI is InChI=1S/C16H20N2O/c1-4-14(17)15-8-7-13(10-18-15)19-16-9-11(2)5-6-12(16)3/h5-10,14H,4,17H2,1-3H3/t14-/m1/s1. The van der Waals surface area contributed by atoms with Gasteiger partial charge in [0.1, 0.15) is 11.5 Å². The summed E-state index contributed by atoms with van der Waals surface area (Å²) in [5.41, 5.74) is 9.13. The number of aromatic nitrogens is 1. The lowest BCUT2D eigenvalue weighted by Crippen LogP contribution is -2.10. The number of pyridine rings is 1. The van der Waals surface area contributed by atoms with Crippen LogP contribution >= 0.6 is 0 Å². The van der Waals surface area contributed by atoms with Crippen molar-refractivity contribution in [1.29, 1.82) is 0 Å². The van der Waals surface area contributed by atoms with Gasteiger partial charge in [-0.2, -0.15) is 0 Å². The maximum atomic E-state index is 5.94. The van der Waals surface area contributed by atoms with Crippen LogP contribution in [0.25, 0.3) is 0 Å². The highest BCUT2D eigenvalue weighted by Gasteiger charge is 2.06. The van der Waals surface area contributed by atoms with Crippen molar-refractivity contribution in [3.05, 3.63) is 53.3 Å². The van der Waals surface area contributed by atoms with Crippen molar-refractivity contribution in [2.75, 3.05) is 0 Å². The van der Waals surface area contributed by atoms with E-state index in [1.165, 1.54) is 5.56 Å². The topological polar surface area (TPSA) is 48.1 Å². The fourth-order valence-corrected chi connectivity index (χ4v) is 1.82. The van der Waals surface area contributed by atoms with Gasteiger partial charge in [0.05, 0.1) is 11.9 Å². The molecule has 0 aliphatic rings. The minimum Gasteiger partial charge on any atom is -0.455 e. The lowest BCUT2D eigenvalue weighted by Gasteiger charge is -2.11. The minimum absolute atomic E-state index is 0.00486. The monoisotopic (exact) mass is 256 g/mol. The van der Waals surface area contributed by atoms with Crippen molar-refractivity contribution < 1.29 is 4.74 Å². The van der Waals surface area contributed by atoms with E-state index in [0.29, 0.717) is 0 Å². The van der Waals surface area contributed by atoms with E-state index in [1.807, 2.05) is 39.0 Å². The highest BCUT2D eigenvalue weighted by Crippen LogP contribution is 2.26. The van der Waals surface area contributed by atoms with Crippen LogP contribution in [0.2, 0.25) is 0 Å². The molecule has 19 heavy (non-hydrogen) atoms. The molecule has 0 fully saturated rings. The second-order valence-electron chi connectivity index (χ2n) is 4.80. The molecule has 0 unspecified atom stereocenters. The van der Waals surface area contributed by atoms with Crippen LogP contribution in [0.5, 0.6) is 11.5 Å². The molecule has 0 radical (unpaired) electrons. The van der Waals surface area contributed by atoms with Crippen molar-refractivity contribution in [3.8, 4) is 11.5 Å². The SMILES string of the molecule is CC[C@@H](N)c1ccc(Oc2cc(C)ccc2C)cn1. The number of aryl methyl sites for hydroxylation is 2. The number of hydrogen-bond acceptors (Lipinski definition) is 3. The van der Waals surface area contributed by atoms with Crippen molar-refractivity contribution in [1.82, 2.24) is 4.98 Å². The van der Waals surface area contributed by atoms with E-state index in [0.717, 1.165) is 29.2 Å². The lowest BCUT2D eigenvalue weighted by molar-refractivity contribution is 0.475. The van der Waals surface area contributed by atoms with Gasteiger partial charge in [0, 0.05) is 6.04 Å². The molecule has 1 heterocycles. The smallest absolute Gasteiger partial charge is 0.145 e. The Morgan fingerprint density at radius 1 is 1.21 bits per heavy atom. The van der Waals surface area contributed by atoms with E-state index >= 15 is 0 Å². The molecule has 0 amide bonds. The highest BCUT2D eigenvalue weighted by molar-refractivity contribution is 5.39. The predicted octanol–water partition coefficient (Wildman–Crippen LogP) is 3.90. The maximum Gasteiger partial charge on any atom is 0.145 e. The zero-order chi connectivity index (χ0) is 13.8. The van der Waals surface area contributed by atoms with Crippen molar-refractivity contribution >= 4 is 0 Å². The third kappa shape index (κ3) is 3.32. The third-order valence-electron chi connectivity index (χ3n) is 3.15. The number of nitrogens with zero attached hydrogens (tertiary/aromatic N) is 1. The second kappa shape index (κ2) is 5.85. The molecular weight excluding hydrogens is 236 g/mol. The molecule has 0 bridgehead atoms.